The highest BCUT2D eigenvalue weighted by Gasteiger charge is 2.06. The van der Waals surface area contributed by atoms with Crippen LogP contribution in [-0.2, 0) is 0 Å². The van der Waals surface area contributed by atoms with Crippen LogP contribution in [-0.4, -0.2) is 40.1 Å². The molecule has 0 fully saturated rings. The number of ether oxygens (including phenoxy) is 1. The quantitative estimate of drug-likeness (QED) is 0.324. The molecule has 114 valence electrons. The van der Waals surface area contributed by atoms with Crippen LogP contribution in [0.1, 0.15) is 32.6 Å². The van der Waals surface area contributed by atoms with Gasteiger partial charge in [0.2, 0.25) is 11.9 Å². The van der Waals surface area contributed by atoms with E-state index < -0.39 is 0 Å². The van der Waals surface area contributed by atoms with Crippen LogP contribution in [0.25, 0.3) is 0 Å². The lowest BCUT2D eigenvalue weighted by molar-refractivity contribution is 0.292. The molecular formula is C12H24N6OS. The van der Waals surface area contributed by atoms with Crippen LogP contribution in [0, 0.1) is 0 Å². The summed E-state index contributed by atoms with van der Waals surface area (Å²) in [6.45, 7) is 3.43. The lowest BCUT2D eigenvalue weighted by atomic mass is 10.2. The number of aromatic nitrogens is 3. The molecule has 0 spiro atoms. The van der Waals surface area contributed by atoms with Gasteiger partial charge in [-0.1, -0.05) is 13.3 Å². The smallest absolute Gasteiger partial charge is 0.323 e. The number of nitrogen functional groups attached to an aromatic ring is 1. The van der Waals surface area contributed by atoms with Gasteiger partial charge in [-0.15, -0.1) is 0 Å². The van der Waals surface area contributed by atoms with Gasteiger partial charge in [0.05, 0.1) is 6.61 Å². The van der Waals surface area contributed by atoms with E-state index >= 15 is 0 Å². The Kier molecular flexibility index (Phi) is 8.81. The number of anilines is 2. The third-order valence-electron chi connectivity index (χ3n) is 2.49. The van der Waals surface area contributed by atoms with Crippen molar-refractivity contribution in [2.24, 2.45) is 5.84 Å². The van der Waals surface area contributed by atoms with Crippen LogP contribution >= 0.6 is 11.8 Å². The molecule has 1 heterocycles. The van der Waals surface area contributed by atoms with Gasteiger partial charge in [-0.25, -0.2) is 5.84 Å². The highest BCUT2D eigenvalue weighted by atomic mass is 32.2. The van der Waals surface area contributed by atoms with Crippen molar-refractivity contribution >= 4 is 23.7 Å². The zero-order valence-electron chi connectivity index (χ0n) is 12.2. The molecule has 1 aromatic heterocycles. The fourth-order valence-electron chi connectivity index (χ4n) is 1.51. The van der Waals surface area contributed by atoms with Gasteiger partial charge in [0.25, 0.3) is 0 Å². The number of hydrogen-bond donors (Lipinski definition) is 3. The van der Waals surface area contributed by atoms with Gasteiger partial charge in [0.1, 0.15) is 0 Å². The molecule has 7 nitrogen and oxygen atoms in total. The molecule has 0 amide bonds. The summed E-state index contributed by atoms with van der Waals surface area (Å²) in [4.78, 5) is 12.4. The molecule has 0 aromatic carbocycles. The molecule has 4 N–H and O–H groups in total. The predicted molar refractivity (Wildman–Crippen MR) is 84.1 cm³/mol. The zero-order valence-corrected chi connectivity index (χ0v) is 13.0. The summed E-state index contributed by atoms with van der Waals surface area (Å²) in [6.07, 6.45) is 6.54. The largest absolute Gasteiger partial charge is 0.463 e. The van der Waals surface area contributed by atoms with Crippen LogP contribution in [0.3, 0.4) is 0 Å². The summed E-state index contributed by atoms with van der Waals surface area (Å²) >= 11 is 1.88. The zero-order chi connectivity index (χ0) is 14.6. The Hall–Kier alpha value is -1.28. The third kappa shape index (κ3) is 6.76. The molecule has 0 atom stereocenters. The maximum atomic E-state index is 5.40. The molecule has 0 radical (unpaired) electrons. The second-order valence-electron chi connectivity index (χ2n) is 4.24. The van der Waals surface area contributed by atoms with Crippen molar-refractivity contribution in [2.75, 3.05) is 35.9 Å². The maximum Gasteiger partial charge on any atom is 0.323 e. The molecule has 0 aliphatic carbocycles. The summed E-state index contributed by atoms with van der Waals surface area (Å²) in [5, 5.41) is 3.17. The van der Waals surface area contributed by atoms with E-state index in [4.69, 9.17) is 10.6 Å². The Balaban J connectivity index is 2.42. The summed E-state index contributed by atoms with van der Waals surface area (Å²) in [6, 6.07) is 0.291. The van der Waals surface area contributed by atoms with Crippen molar-refractivity contribution in [3.63, 3.8) is 0 Å². The normalized spacial score (nSPS) is 10.3. The SMILES string of the molecule is CCCOc1nc(NN)nc(NCCCCCSC)n1. The first-order valence-corrected chi connectivity index (χ1v) is 8.27. The van der Waals surface area contributed by atoms with Gasteiger partial charge >= 0.3 is 6.01 Å². The molecule has 0 unspecified atom stereocenters. The number of hydrazine groups is 1. The molecule has 0 aliphatic heterocycles. The van der Waals surface area contributed by atoms with Gasteiger partial charge in [0, 0.05) is 6.54 Å². The third-order valence-corrected chi connectivity index (χ3v) is 3.18. The average Bonchev–Trinajstić information content (AvgIpc) is 2.48. The van der Waals surface area contributed by atoms with Gasteiger partial charge < -0.3 is 10.1 Å². The lowest BCUT2D eigenvalue weighted by Gasteiger charge is -2.08. The minimum absolute atomic E-state index is 0.291. The van der Waals surface area contributed by atoms with Crippen LogP contribution in [0.15, 0.2) is 0 Å². The summed E-state index contributed by atoms with van der Waals surface area (Å²) < 4.78 is 5.40. The number of unbranched alkanes of at least 4 members (excludes halogenated alkanes) is 2. The van der Waals surface area contributed by atoms with E-state index in [0.29, 0.717) is 24.5 Å². The Bertz CT molecular complexity index is 379. The minimum atomic E-state index is 0.291. The van der Waals surface area contributed by atoms with Crippen molar-refractivity contribution in [3.05, 3.63) is 0 Å². The molecule has 8 heteroatoms. The monoisotopic (exact) mass is 300 g/mol. The van der Waals surface area contributed by atoms with E-state index in [1.807, 2.05) is 18.7 Å². The number of thioether (sulfide) groups is 1. The topological polar surface area (TPSA) is 98.0 Å². The highest BCUT2D eigenvalue weighted by molar-refractivity contribution is 7.98. The Morgan fingerprint density at radius 3 is 2.65 bits per heavy atom. The standard InChI is InChI=1S/C12H24N6OS/c1-3-8-19-12-16-10(15-11(17-12)18-13)14-7-5-4-6-9-20-2/h3-9,13H2,1-2H3,(H2,14,15,16,17,18). The molecule has 1 aromatic rings. The number of rotatable bonds is 11. The Morgan fingerprint density at radius 1 is 1.15 bits per heavy atom. The van der Waals surface area contributed by atoms with Crippen molar-refractivity contribution in [1.29, 1.82) is 0 Å². The molecule has 0 saturated heterocycles. The molecular weight excluding hydrogens is 276 g/mol. The van der Waals surface area contributed by atoms with Gasteiger partial charge in [-0.05, 0) is 31.3 Å². The molecule has 0 aliphatic rings. The first-order chi connectivity index (χ1) is 9.80. The van der Waals surface area contributed by atoms with Crippen molar-refractivity contribution < 1.29 is 4.74 Å². The molecule has 1 rings (SSSR count). The molecule has 0 bridgehead atoms. The van der Waals surface area contributed by atoms with E-state index in [0.717, 1.165) is 19.4 Å². The van der Waals surface area contributed by atoms with E-state index in [2.05, 4.69) is 32.0 Å². The maximum absolute atomic E-state index is 5.40. The summed E-state index contributed by atoms with van der Waals surface area (Å²) in [7, 11) is 0. The van der Waals surface area contributed by atoms with E-state index in [9.17, 15) is 0 Å². The number of nitrogens with zero attached hydrogens (tertiary/aromatic N) is 3. The first-order valence-electron chi connectivity index (χ1n) is 6.88. The van der Waals surface area contributed by atoms with E-state index in [1.165, 1.54) is 18.6 Å². The molecule has 20 heavy (non-hydrogen) atoms. The number of hydrogen-bond acceptors (Lipinski definition) is 8. The predicted octanol–water partition coefficient (Wildman–Crippen LogP) is 1.89. The second-order valence-corrected chi connectivity index (χ2v) is 5.22. The first kappa shape index (κ1) is 16.8. The Morgan fingerprint density at radius 2 is 1.95 bits per heavy atom. The highest BCUT2D eigenvalue weighted by Crippen LogP contribution is 2.11. The number of nitrogens with two attached hydrogens (primary N) is 1. The van der Waals surface area contributed by atoms with Crippen molar-refractivity contribution in [1.82, 2.24) is 15.0 Å². The van der Waals surface area contributed by atoms with Crippen LogP contribution in [0.2, 0.25) is 0 Å². The van der Waals surface area contributed by atoms with Gasteiger partial charge in [0.15, 0.2) is 0 Å². The average molecular weight is 300 g/mol. The van der Waals surface area contributed by atoms with Gasteiger partial charge in [-0.2, -0.15) is 26.7 Å². The fraction of sp³-hybridized carbons (Fsp3) is 0.750. The van der Waals surface area contributed by atoms with Crippen molar-refractivity contribution in [3.8, 4) is 6.01 Å². The minimum Gasteiger partial charge on any atom is -0.463 e. The van der Waals surface area contributed by atoms with Crippen LogP contribution in [0.5, 0.6) is 6.01 Å². The van der Waals surface area contributed by atoms with Crippen LogP contribution in [0.4, 0.5) is 11.9 Å². The Labute approximate surface area is 124 Å². The lowest BCUT2D eigenvalue weighted by Crippen LogP contribution is -2.15. The van der Waals surface area contributed by atoms with Crippen LogP contribution < -0.4 is 21.3 Å². The van der Waals surface area contributed by atoms with E-state index in [1.54, 1.807) is 0 Å². The second kappa shape index (κ2) is 10.5. The fourth-order valence-corrected chi connectivity index (χ4v) is 2.00. The molecule has 0 saturated carbocycles. The van der Waals surface area contributed by atoms with Crippen molar-refractivity contribution in [2.45, 2.75) is 32.6 Å². The summed E-state index contributed by atoms with van der Waals surface area (Å²) in [5.41, 5.74) is 2.42. The number of nitrogens with one attached hydrogen (secondary N) is 2. The van der Waals surface area contributed by atoms with E-state index in [-0.39, 0.29) is 0 Å². The summed E-state index contributed by atoms with van der Waals surface area (Å²) in [5.74, 6) is 7.34. The van der Waals surface area contributed by atoms with Gasteiger partial charge in [-0.3, -0.25) is 5.43 Å².